The number of rotatable bonds is 5. The van der Waals surface area contributed by atoms with E-state index >= 15 is 0 Å². The number of thiophene rings is 1. The highest BCUT2D eigenvalue weighted by Gasteiger charge is 2.27. The van der Waals surface area contributed by atoms with E-state index in [2.05, 4.69) is 21.9 Å². The van der Waals surface area contributed by atoms with E-state index in [0.717, 1.165) is 41.0 Å². The molecule has 0 bridgehead atoms. The fourth-order valence-corrected chi connectivity index (χ4v) is 5.83. The number of benzene rings is 1. The summed E-state index contributed by atoms with van der Waals surface area (Å²) in [6.07, 6.45) is 2.41. The van der Waals surface area contributed by atoms with E-state index in [1.807, 2.05) is 41.5 Å². The number of anilines is 1. The molecule has 4 heterocycles. The first kappa shape index (κ1) is 22.6. The minimum absolute atomic E-state index is 0.0492. The van der Waals surface area contributed by atoms with Crippen molar-refractivity contribution in [2.45, 2.75) is 26.3 Å². The quantitative estimate of drug-likeness (QED) is 0.566. The summed E-state index contributed by atoms with van der Waals surface area (Å²) in [4.78, 5) is 33.4. The van der Waals surface area contributed by atoms with E-state index < -0.39 is 0 Å². The van der Waals surface area contributed by atoms with Gasteiger partial charge in [-0.05, 0) is 56.4 Å². The zero-order valence-corrected chi connectivity index (χ0v) is 20.3. The number of aromatic nitrogens is 1. The number of hydrogen-bond acceptors (Lipinski definition) is 6. The number of hydrogen-bond donors (Lipinski definition) is 0. The Morgan fingerprint density at radius 2 is 1.82 bits per heavy atom. The molecule has 8 heteroatoms. The minimum Gasteiger partial charge on any atom is -0.366 e. The van der Waals surface area contributed by atoms with Gasteiger partial charge >= 0.3 is 0 Å². The van der Waals surface area contributed by atoms with E-state index in [1.165, 1.54) is 24.2 Å². The average Bonchev–Trinajstić information content (AvgIpc) is 3.57. The molecule has 0 unspecified atom stereocenters. The van der Waals surface area contributed by atoms with E-state index in [9.17, 15) is 14.9 Å². The molecule has 0 atom stereocenters. The molecule has 34 heavy (non-hydrogen) atoms. The van der Waals surface area contributed by atoms with Gasteiger partial charge in [0.15, 0.2) is 0 Å². The highest BCUT2D eigenvalue weighted by Crippen LogP contribution is 2.31. The number of pyridine rings is 1. The van der Waals surface area contributed by atoms with Crippen molar-refractivity contribution >= 4 is 33.8 Å². The van der Waals surface area contributed by atoms with Gasteiger partial charge in [-0.3, -0.25) is 9.59 Å². The van der Waals surface area contributed by atoms with Crippen molar-refractivity contribution in [1.29, 1.82) is 5.26 Å². The summed E-state index contributed by atoms with van der Waals surface area (Å²) in [5.74, 6) is 0.0492. The van der Waals surface area contributed by atoms with Gasteiger partial charge in [0.05, 0.1) is 16.1 Å². The smallest absolute Gasteiger partial charge is 0.271 e. The lowest BCUT2D eigenvalue weighted by atomic mass is 10.0. The molecule has 1 aromatic carbocycles. The number of piperazine rings is 1. The average molecular weight is 476 g/mol. The van der Waals surface area contributed by atoms with Crippen LogP contribution in [-0.2, 0) is 6.54 Å². The molecule has 176 valence electrons. The van der Waals surface area contributed by atoms with E-state index in [4.69, 9.17) is 0 Å². The lowest BCUT2D eigenvalue weighted by Gasteiger charge is -2.37. The molecule has 0 saturated carbocycles. The summed E-state index contributed by atoms with van der Waals surface area (Å²) in [7, 11) is 0. The Morgan fingerprint density at radius 3 is 2.50 bits per heavy atom. The maximum Gasteiger partial charge on any atom is 0.271 e. The van der Waals surface area contributed by atoms with Crippen molar-refractivity contribution in [2.75, 3.05) is 50.7 Å². The third kappa shape index (κ3) is 4.22. The van der Waals surface area contributed by atoms with Crippen LogP contribution in [0.25, 0.3) is 10.9 Å². The zero-order chi connectivity index (χ0) is 23.7. The van der Waals surface area contributed by atoms with Crippen LogP contribution in [0.3, 0.4) is 0 Å². The van der Waals surface area contributed by atoms with Crippen LogP contribution >= 0.6 is 11.3 Å². The Hall–Kier alpha value is -3.15. The van der Waals surface area contributed by atoms with Crippen LogP contribution in [0.4, 0.5) is 5.69 Å². The maximum atomic E-state index is 13.5. The van der Waals surface area contributed by atoms with E-state index in [-0.39, 0.29) is 17.0 Å². The van der Waals surface area contributed by atoms with Gasteiger partial charge in [0.25, 0.3) is 11.5 Å². The summed E-state index contributed by atoms with van der Waals surface area (Å²) < 4.78 is 1.78. The van der Waals surface area contributed by atoms with Gasteiger partial charge < -0.3 is 19.3 Å². The number of carbonyl (C=O) groups excluding carboxylic acids is 1. The predicted molar refractivity (Wildman–Crippen MR) is 136 cm³/mol. The number of nitriles is 1. The van der Waals surface area contributed by atoms with Gasteiger partial charge in [0.1, 0.15) is 11.6 Å². The van der Waals surface area contributed by atoms with Gasteiger partial charge in [0, 0.05) is 44.7 Å². The van der Waals surface area contributed by atoms with Crippen molar-refractivity contribution in [1.82, 2.24) is 14.4 Å². The van der Waals surface area contributed by atoms with Gasteiger partial charge in [-0.1, -0.05) is 17.7 Å². The predicted octanol–water partition coefficient (Wildman–Crippen LogP) is 3.30. The van der Waals surface area contributed by atoms with Crippen LogP contribution in [0.2, 0.25) is 0 Å². The molecule has 7 nitrogen and oxygen atoms in total. The lowest BCUT2D eigenvalue weighted by molar-refractivity contribution is 0.0751. The first-order chi connectivity index (χ1) is 16.6. The second kappa shape index (κ2) is 9.61. The number of aryl methyl sites for hydroxylation is 1. The Bertz CT molecular complexity index is 1290. The van der Waals surface area contributed by atoms with Crippen LogP contribution in [0.15, 0.2) is 40.5 Å². The number of carbonyl (C=O) groups is 1. The molecule has 2 saturated heterocycles. The highest BCUT2D eigenvalue weighted by atomic mass is 32.1. The van der Waals surface area contributed by atoms with Crippen molar-refractivity contribution in [3.8, 4) is 6.07 Å². The normalized spacial score (nSPS) is 16.8. The second-order valence-electron chi connectivity index (χ2n) is 9.12. The van der Waals surface area contributed by atoms with Gasteiger partial charge in [-0.2, -0.15) is 5.26 Å². The molecule has 1 amide bonds. The molecular weight excluding hydrogens is 446 g/mol. The molecule has 2 aliphatic heterocycles. The Morgan fingerprint density at radius 1 is 1.06 bits per heavy atom. The van der Waals surface area contributed by atoms with E-state index in [1.54, 1.807) is 4.57 Å². The first-order valence-electron chi connectivity index (χ1n) is 11.9. The van der Waals surface area contributed by atoms with Gasteiger partial charge in [0.2, 0.25) is 0 Å². The van der Waals surface area contributed by atoms with Crippen molar-refractivity contribution in [3.05, 3.63) is 62.1 Å². The fourth-order valence-electron chi connectivity index (χ4n) is 5.14. The number of amides is 1. The van der Waals surface area contributed by atoms with Crippen LogP contribution in [0.5, 0.6) is 0 Å². The second-order valence-corrected chi connectivity index (χ2v) is 10.1. The molecule has 0 N–H and O–H groups in total. The molecule has 0 spiro atoms. The number of nitrogens with zero attached hydrogens (tertiary/aromatic N) is 5. The number of fused-ring (bicyclic) bond motifs is 1. The molecule has 2 aliphatic rings. The Kier molecular flexibility index (Phi) is 6.40. The minimum atomic E-state index is -0.217. The van der Waals surface area contributed by atoms with E-state index in [0.29, 0.717) is 38.4 Å². The van der Waals surface area contributed by atoms with Crippen molar-refractivity contribution in [2.24, 2.45) is 0 Å². The van der Waals surface area contributed by atoms with Crippen molar-refractivity contribution < 1.29 is 4.79 Å². The first-order valence-corrected chi connectivity index (χ1v) is 12.8. The van der Waals surface area contributed by atoms with Crippen LogP contribution < -0.4 is 10.5 Å². The monoisotopic (exact) mass is 475 g/mol. The molecule has 0 radical (unpaired) electrons. The summed E-state index contributed by atoms with van der Waals surface area (Å²) >= 11 is 1.45. The molecule has 5 rings (SSSR count). The standard InChI is InChI=1S/C26H29N5O2S/c1-19-6-7-22-20(17-19)24(21(18-27)25(32)31(22)15-10-28-8-2-3-9-28)29-11-13-30(14-12-29)26(33)23-5-4-16-34-23/h4-7,16-17H,2-3,8-15H2,1H3. The highest BCUT2D eigenvalue weighted by molar-refractivity contribution is 7.12. The van der Waals surface area contributed by atoms with Crippen LogP contribution in [0, 0.1) is 18.3 Å². The summed E-state index contributed by atoms with van der Waals surface area (Å²) in [6, 6.07) is 12.1. The maximum absolute atomic E-state index is 13.5. The van der Waals surface area contributed by atoms with Crippen LogP contribution in [-0.4, -0.2) is 66.1 Å². The Balaban J connectivity index is 1.48. The molecule has 3 aromatic rings. The molecule has 0 aliphatic carbocycles. The Labute approximate surface area is 203 Å². The SMILES string of the molecule is Cc1ccc2c(c1)c(N1CCN(C(=O)c3cccs3)CC1)c(C#N)c(=O)n2CCN1CCCC1. The zero-order valence-electron chi connectivity index (χ0n) is 19.5. The summed E-state index contributed by atoms with van der Waals surface area (Å²) in [6.45, 7) is 7.88. The fraction of sp³-hybridized carbons (Fsp3) is 0.423. The van der Waals surface area contributed by atoms with Crippen molar-refractivity contribution in [3.63, 3.8) is 0 Å². The summed E-state index contributed by atoms with van der Waals surface area (Å²) in [5.41, 5.74) is 2.67. The molecule has 2 aromatic heterocycles. The molecule has 2 fully saturated rings. The number of likely N-dealkylation sites (tertiary alicyclic amines) is 1. The largest absolute Gasteiger partial charge is 0.366 e. The third-order valence-corrected chi connectivity index (χ3v) is 7.82. The molecular formula is C26H29N5O2S. The lowest BCUT2D eigenvalue weighted by Crippen LogP contribution is -2.49. The third-order valence-electron chi connectivity index (χ3n) is 6.96. The summed E-state index contributed by atoms with van der Waals surface area (Å²) in [5, 5.41) is 12.9. The van der Waals surface area contributed by atoms with Gasteiger partial charge in [-0.25, -0.2) is 0 Å². The topological polar surface area (TPSA) is 72.6 Å². The van der Waals surface area contributed by atoms with Crippen LogP contribution in [0.1, 0.15) is 33.6 Å². The van der Waals surface area contributed by atoms with Gasteiger partial charge in [-0.15, -0.1) is 11.3 Å².